The maximum Gasteiger partial charge on any atom is 0.326 e. The van der Waals surface area contributed by atoms with Gasteiger partial charge in [0.2, 0.25) is 5.91 Å². The Morgan fingerprint density at radius 3 is 2.58 bits per heavy atom. The summed E-state index contributed by atoms with van der Waals surface area (Å²) in [5.41, 5.74) is -0.530. The summed E-state index contributed by atoms with van der Waals surface area (Å²) in [6.07, 6.45) is 0.120. The average Bonchev–Trinajstić information content (AvgIpc) is 2.94. The van der Waals surface area contributed by atoms with Crippen LogP contribution in [0.15, 0.2) is 0 Å². The van der Waals surface area contributed by atoms with Gasteiger partial charge in [0.25, 0.3) is 0 Å². The van der Waals surface area contributed by atoms with Gasteiger partial charge >= 0.3 is 5.97 Å². The lowest BCUT2D eigenvalue weighted by atomic mass is 9.75. The minimum absolute atomic E-state index is 0.128. The van der Waals surface area contributed by atoms with E-state index in [0.29, 0.717) is 6.54 Å². The van der Waals surface area contributed by atoms with Crippen molar-refractivity contribution in [2.24, 2.45) is 11.3 Å². The number of β-amino-alcohol motifs (C(OH)–C–C–N with tert-alkyl or cyclic N) is 1. The van der Waals surface area contributed by atoms with E-state index in [9.17, 15) is 19.8 Å². The van der Waals surface area contributed by atoms with Crippen LogP contribution in [0.3, 0.4) is 0 Å². The number of aliphatic hydroxyl groups is 1. The number of nitrogens with zero attached hydrogens (tertiary/aromatic N) is 1. The second-order valence-corrected chi connectivity index (χ2v) is 5.94. The van der Waals surface area contributed by atoms with Crippen molar-refractivity contribution < 1.29 is 19.8 Å². The Balaban J connectivity index is 2.24. The van der Waals surface area contributed by atoms with Crippen molar-refractivity contribution in [3.05, 3.63) is 0 Å². The van der Waals surface area contributed by atoms with Crippen LogP contribution in [-0.4, -0.2) is 58.8 Å². The van der Waals surface area contributed by atoms with Crippen molar-refractivity contribution in [1.82, 2.24) is 10.2 Å². The standard InChI is InChI=1S/C13H22N2O4/c1-8(2)13(3-4-14-7-13)12(19)15-6-9(16)5-10(15)11(17)18/h8-10,14,16H,3-7H2,1-2H3,(H,17,18)/t9-,10-,13?/m1/s1. The predicted molar refractivity (Wildman–Crippen MR) is 68.5 cm³/mol. The number of likely N-dealkylation sites (tertiary alicyclic amines) is 1. The zero-order chi connectivity index (χ0) is 14.2. The van der Waals surface area contributed by atoms with E-state index < -0.39 is 23.5 Å². The SMILES string of the molecule is CC(C)C1(C(=O)N2C[C@H](O)C[C@@H]2C(=O)O)CCNC1. The molecule has 2 aliphatic heterocycles. The molecule has 3 atom stereocenters. The van der Waals surface area contributed by atoms with Crippen LogP contribution in [0.25, 0.3) is 0 Å². The van der Waals surface area contributed by atoms with E-state index >= 15 is 0 Å². The van der Waals surface area contributed by atoms with Gasteiger partial charge in [-0.25, -0.2) is 4.79 Å². The Kier molecular flexibility index (Phi) is 3.82. The highest BCUT2D eigenvalue weighted by Gasteiger charge is 2.50. The second kappa shape index (κ2) is 5.09. The van der Waals surface area contributed by atoms with Gasteiger partial charge in [-0.05, 0) is 18.9 Å². The topological polar surface area (TPSA) is 89.9 Å². The van der Waals surface area contributed by atoms with E-state index in [4.69, 9.17) is 0 Å². The summed E-state index contributed by atoms with van der Waals surface area (Å²) < 4.78 is 0. The number of rotatable bonds is 3. The third kappa shape index (κ3) is 2.34. The molecule has 0 aliphatic carbocycles. The minimum Gasteiger partial charge on any atom is -0.480 e. The van der Waals surface area contributed by atoms with Crippen molar-refractivity contribution in [1.29, 1.82) is 0 Å². The Morgan fingerprint density at radius 2 is 2.11 bits per heavy atom. The molecular formula is C13H22N2O4. The van der Waals surface area contributed by atoms with E-state index in [1.807, 2.05) is 13.8 Å². The molecule has 108 valence electrons. The number of aliphatic carboxylic acids is 1. The quantitative estimate of drug-likeness (QED) is 0.653. The summed E-state index contributed by atoms with van der Waals surface area (Å²) in [6.45, 7) is 5.48. The molecule has 1 unspecified atom stereocenters. The van der Waals surface area contributed by atoms with Gasteiger partial charge in [0, 0.05) is 19.5 Å². The first-order valence-electron chi connectivity index (χ1n) is 6.81. The molecule has 6 nitrogen and oxygen atoms in total. The largest absolute Gasteiger partial charge is 0.480 e. The van der Waals surface area contributed by atoms with Crippen molar-refractivity contribution in [3.8, 4) is 0 Å². The summed E-state index contributed by atoms with van der Waals surface area (Å²) in [5.74, 6) is -1.02. The van der Waals surface area contributed by atoms with Crippen LogP contribution >= 0.6 is 0 Å². The maximum atomic E-state index is 12.8. The smallest absolute Gasteiger partial charge is 0.326 e. The molecule has 0 radical (unpaired) electrons. The first kappa shape index (κ1) is 14.3. The predicted octanol–water partition coefficient (Wildman–Crippen LogP) is -0.331. The normalized spacial score (nSPS) is 35.1. The average molecular weight is 270 g/mol. The fraction of sp³-hybridized carbons (Fsp3) is 0.846. The van der Waals surface area contributed by atoms with Crippen LogP contribution in [0.4, 0.5) is 0 Å². The molecule has 3 N–H and O–H groups in total. The van der Waals surface area contributed by atoms with E-state index in [0.717, 1.165) is 13.0 Å². The number of amides is 1. The summed E-state index contributed by atoms with van der Waals surface area (Å²) in [4.78, 5) is 25.4. The molecule has 0 aromatic heterocycles. The van der Waals surface area contributed by atoms with Gasteiger partial charge in [-0.15, -0.1) is 0 Å². The summed E-state index contributed by atoms with van der Waals surface area (Å²) in [6, 6.07) is -0.890. The lowest BCUT2D eigenvalue weighted by Crippen LogP contribution is -2.51. The lowest BCUT2D eigenvalue weighted by molar-refractivity contribution is -0.154. The van der Waals surface area contributed by atoms with Crippen LogP contribution < -0.4 is 5.32 Å². The van der Waals surface area contributed by atoms with Crippen LogP contribution in [-0.2, 0) is 9.59 Å². The first-order valence-corrected chi connectivity index (χ1v) is 6.81. The molecule has 1 amide bonds. The number of hydrogen-bond acceptors (Lipinski definition) is 4. The zero-order valence-corrected chi connectivity index (χ0v) is 11.4. The molecular weight excluding hydrogens is 248 g/mol. The molecule has 2 rings (SSSR count). The Morgan fingerprint density at radius 1 is 1.42 bits per heavy atom. The highest BCUT2D eigenvalue weighted by molar-refractivity contribution is 5.89. The molecule has 6 heteroatoms. The molecule has 0 bridgehead atoms. The summed E-state index contributed by atoms with van der Waals surface area (Å²) in [5, 5.41) is 22.1. The van der Waals surface area contributed by atoms with Crippen molar-refractivity contribution >= 4 is 11.9 Å². The number of carboxylic acids is 1. The summed E-state index contributed by atoms with van der Waals surface area (Å²) in [7, 11) is 0. The van der Waals surface area contributed by atoms with Crippen LogP contribution in [0, 0.1) is 11.3 Å². The molecule has 19 heavy (non-hydrogen) atoms. The van der Waals surface area contributed by atoms with Crippen molar-refractivity contribution in [2.75, 3.05) is 19.6 Å². The fourth-order valence-corrected chi connectivity index (χ4v) is 3.19. The molecule has 0 aromatic rings. The number of aliphatic hydroxyl groups excluding tert-OH is 1. The van der Waals surface area contributed by atoms with E-state index in [2.05, 4.69) is 5.32 Å². The number of nitrogens with one attached hydrogen (secondary N) is 1. The van der Waals surface area contributed by atoms with Gasteiger partial charge in [0.1, 0.15) is 6.04 Å². The molecule has 0 aromatic carbocycles. The van der Waals surface area contributed by atoms with Crippen LogP contribution in [0.1, 0.15) is 26.7 Å². The number of carboxylic acid groups (broad SMARTS) is 1. The fourth-order valence-electron chi connectivity index (χ4n) is 3.19. The molecule has 2 saturated heterocycles. The van der Waals surface area contributed by atoms with Crippen LogP contribution in [0.2, 0.25) is 0 Å². The Hall–Kier alpha value is -1.14. The summed E-state index contributed by atoms with van der Waals surface area (Å²) >= 11 is 0. The van der Waals surface area contributed by atoms with Crippen molar-refractivity contribution in [3.63, 3.8) is 0 Å². The Bertz CT molecular complexity index is 377. The van der Waals surface area contributed by atoms with Gasteiger partial charge in [0.05, 0.1) is 11.5 Å². The second-order valence-electron chi connectivity index (χ2n) is 5.94. The molecule has 2 aliphatic rings. The third-order valence-electron chi connectivity index (χ3n) is 4.54. The highest BCUT2D eigenvalue weighted by Crippen LogP contribution is 2.38. The first-order chi connectivity index (χ1) is 8.88. The molecule has 0 saturated carbocycles. The molecule has 0 spiro atoms. The molecule has 2 fully saturated rings. The van der Waals surface area contributed by atoms with E-state index in [1.165, 1.54) is 4.90 Å². The van der Waals surface area contributed by atoms with Crippen LogP contribution in [0.5, 0.6) is 0 Å². The minimum atomic E-state index is -1.03. The van der Waals surface area contributed by atoms with Gasteiger partial charge in [-0.2, -0.15) is 0 Å². The van der Waals surface area contributed by atoms with E-state index in [-0.39, 0.29) is 24.8 Å². The van der Waals surface area contributed by atoms with Crippen molar-refractivity contribution in [2.45, 2.75) is 38.8 Å². The number of hydrogen-bond donors (Lipinski definition) is 3. The Labute approximate surface area is 112 Å². The monoisotopic (exact) mass is 270 g/mol. The van der Waals surface area contributed by atoms with Gasteiger partial charge < -0.3 is 20.4 Å². The van der Waals surface area contributed by atoms with E-state index in [1.54, 1.807) is 0 Å². The molecule has 2 heterocycles. The highest BCUT2D eigenvalue weighted by atomic mass is 16.4. The number of carbonyl (C=O) groups is 2. The number of carbonyl (C=O) groups excluding carboxylic acids is 1. The zero-order valence-electron chi connectivity index (χ0n) is 11.4. The van der Waals surface area contributed by atoms with Gasteiger partial charge in [-0.1, -0.05) is 13.8 Å². The third-order valence-corrected chi connectivity index (χ3v) is 4.54. The van der Waals surface area contributed by atoms with Gasteiger partial charge in [0.15, 0.2) is 0 Å². The maximum absolute atomic E-state index is 12.8. The lowest BCUT2D eigenvalue weighted by Gasteiger charge is -2.36. The van der Waals surface area contributed by atoms with Gasteiger partial charge in [-0.3, -0.25) is 4.79 Å².